The molecule has 1 fully saturated rings. The van der Waals surface area contributed by atoms with Crippen molar-refractivity contribution in [2.24, 2.45) is 7.05 Å². The number of amides is 1. The minimum absolute atomic E-state index is 0.164. The van der Waals surface area contributed by atoms with E-state index < -0.39 is 0 Å². The van der Waals surface area contributed by atoms with E-state index in [9.17, 15) is 9.59 Å². The van der Waals surface area contributed by atoms with Crippen LogP contribution in [0.25, 0.3) is 0 Å². The van der Waals surface area contributed by atoms with Gasteiger partial charge in [-0.2, -0.15) is 0 Å². The third-order valence-electron chi connectivity index (χ3n) is 5.32. The smallest absolute Gasteiger partial charge is 0.263 e. The third-order valence-corrected chi connectivity index (χ3v) is 5.32. The minimum atomic E-state index is -0.203. The molecule has 144 valence electrons. The van der Waals surface area contributed by atoms with Crippen molar-refractivity contribution in [3.05, 3.63) is 56.8 Å². The molecule has 1 aliphatic rings. The largest absolute Gasteiger partial charge is 0.368 e. The van der Waals surface area contributed by atoms with E-state index in [2.05, 4.69) is 22.0 Å². The average molecular weight is 368 g/mol. The summed E-state index contributed by atoms with van der Waals surface area (Å²) >= 11 is 0. The van der Waals surface area contributed by atoms with Crippen LogP contribution in [0, 0.1) is 20.8 Å². The minimum Gasteiger partial charge on any atom is -0.368 e. The maximum atomic E-state index is 13.0. The Hall–Kier alpha value is -2.63. The number of carbonyl (C=O) groups excluding carboxylic acids is 1. The lowest BCUT2D eigenvalue weighted by Crippen LogP contribution is -2.50. The van der Waals surface area contributed by atoms with Crippen molar-refractivity contribution in [3.63, 3.8) is 0 Å². The van der Waals surface area contributed by atoms with Crippen LogP contribution in [0.2, 0.25) is 0 Å². The van der Waals surface area contributed by atoms with Gasteiger partial charge in [0, 0.05) is 56.0 Å². The molecule has 3 rings (SSSR count). The van der Waals surface area contributed by atoms with Gasteiger partial charge in [-0.25, -0.2) is 0 Å². The second-order valence-electron chi connectivity index (χ2n) is 7.29. The molecule has 0 aromatic carbocycles. The van der Waals surface area contributed by atoms with Gasteiger partial charge in [-0.1, -0.05) is 6.92 Å². The molecule has 6 nitrogen and oxygen atoms in total. The van der Waals surface area contributed by atoms with Crippen molar-refractivity contribution < 1.29 is 4.79 Å². The molecule has 1 aliphatic heterocycles. The quantitative estimate of drug-likeness (QED) is 0.834. The summed E-state index contributed by atoms with van der Waals surface area (Å²) in [6, 6.07) is 5.91. The molecule has 0 N–H and O–H groups in total. The molecular formula is C21H28N4O2. The lowest BCUT2D eigenvalue weighted by Gasteiger charge is -2.36. The monoisotopic (exact) mass is 368 g/mol. The second-order valence-corrected chi connectivity index (χ2v) is 7.29. The number of aromatic nitrogens is 2. The maximum absolute atomic E-state index is 13.0. The molecule has 0 unspecified atom stereocenters. The summed E-state index contributed by atoms with van der Waals surface area (Å²) in [5.74, 6) is -0.164. The highest BCUT2D eigenvalue weighted by molar-refractivity contribution is 5.94. The number of anilines is 1. The van der Waals surface area contributed by atoms with Crippen LogP contribution in [0.1, 0.15) is 39.9 Å². The number of nitrogens with zero attached hydrogens (tertiary/aromatic N) is 4. The molecule has 0 aliphatic carbocycles. The molecule has 1 saturated heterocycles. The Labute approximate surface area is 160 Å². The second kappa shape index (κ2) is 7.55. The van der Waals surface area contributed by atoms with E-state index in [-0.39, 0.29) is 17.0 Å². The molecular weight excluding hydrogens is 340 g/mol. The first-order valence-electron chi connectivity index (χ1n) is 9.50. The Balaban J connectivity index is 1.77. The third kappa shape index (κ3) is 3.75. The van der Waals surface area contributed by atoms with Gasteiger partial charge in [0.25, 0.3) is 11.5 Å². The first-order chi connectivity index (χ1) is 12.8. The Morgan fingerprint density at radius 1 is 1.04 bits per heavy atom. The summed E-state index contributed by atoms with van der Waals surface area (Å²) in [5.41, 5.74) is 5.18. The highest BCUT2D eigenvalue weighted by atomic mass is 16.2. The zero-order valence-corrected chi connectivity index (χ0v) is 16.9. The van der Waals surface area contributed by atoms with Crippen molar-refractivity contribution in [3.8, 4) is 0 Å². The van der Waals surface area contributed by atoms with Crippen LogP contribution < -0.4 is 10.5 Å². The van der Waals surface area contributed by atoms with E-state index in [1.165, 1.54) is 0 Å². The molecule has 3 heterocycles. The highest BCUT2D eigenvalue weighted by Gasteiger charge is 2.25. The number of pyridine rings is 2. The molecule has 2 aromatic heterocycles. The van der Waals surface area contributed by atoms with E-state index in [0.717, 1.165) is 47.8 Å². The van der Waals surface area contributed by atoms with Gasteiger partial charge in [0.2, 0.25) is 0 Å². The molecule has 1 amide bonds. The van der Waals surface area contributed by atoms with Crippen LogP contribution in [-0.4, -0.2) is 46.5 Å². The molecule has 2 aromatic rings. The van der Waals surface area contributed by atoms with Crippen molar-refractivity contribution in [1.82, 2.24) is 14.5 Å². The van der Waals surface area contributed by atoms with E-state index in [1.807, 2.05) is 27.7 Å². The van der Waals surface area contributed by atoms with Crippen LogP contribution in [0.3, 0.4) is 0 Å². The Morgan fingerprint density at radius 2 is 1.63 bits per heavy atom. The molecule has 27 heavy (non-hydrogen) atoms. The van der Waals surface area contributed by atoms with Crippen LogP contribution >= 0.6 is 0 Å². The summed E-state index contributed by atoms with van der Waals surface area (Å²) in [6.07, 6.45) is 0.773. The van der Waals surface area contributed by atoms with Gasteiger partial charge in [0.15, 0.2) is 0 Å². The molecule has 0 radical (unpaired) electrons. The Bertz CT molecular complexity index is 904. The summed E-state index contributed by atoms with van der Waals surface area (Å²) in [7, 11) is 1.75. The van der Waals surface area contributed by atoms with Crippen molar-refractivity contribution in [2.45, 2.75) is 34.1 Å². The van der Waals surface area contributed by atoms with Crippen LogP contribution in [0.4, 0.5) is 5.69 Å². The normalized spacial score (nSPS) is 14.6. The summed E-state index contributed by atoms with van der Waals surface area (Å²) in [6.45, 7) is 10.7. The number of aryl methyl sites for hydroxylation is 3. The maximum Gasteiger partial charge on any atom is 0.263 e. The SMILES string of the molecule is CCc1c(C)cc(C(=O)N2CCN(c3cc(C)nc(C)c3)CC2)c(=O)n1C. The number of piperazine rings is 1. The average Bonchev–Trinajstić information content (AvgIpc) is 2.64. The van der Waals surface area contributed by atoms with Crippen molar-refractivity contribution in [2.75, 3.05) is 31.1 Å². The van der Waals surface area contributed by atoms with E-state index in [1.54, 1.807) is 22.6 Å². The fourth-order valence-corrected chi connectivity index (χ4v) is 3.93. The first kappa shape index (κ1) is 19.1. The highest BCUT2D eigenvalue weighted by Crippen LogP contribution is 2.19. The van der Waals surface area contributed by atoms with E-state index in [0.29, 0.717) is 13.1 Å². The molecule has 0 saturated carbocycles. The van der Waals surface area contributed by atoms with Gasteiger partial charge < -0.3 is 14.4 Å². The van der Waals surface area contributed by atoms with Crippen LogP contribution in [0.5, 0.6) is 0 Å². The fourth-order valence-electron chi connectivity index (χ4n) is 3.93. The standard InChI is InChI=1S/C21H28N4O2/c1-6-19-14(2)11-18(20(26)23(19)5)21(27)25-9-7-24(8-10-25)17-12-15(3)22-16(4)13-17/h11-13H,6-10H2,1-5H3. The molecule has 0 spiro atoms. The van der Waals surface area contributed by atoms with Crippen molar-refractivity contribution in [1.29, 1.82) is 0 Å². The fraction of sp³-hybridized carbons (Fsp3) is 0.476. The molecule has 0 atom stereocenters. The zero-order chi connectivity index (χ0) is 19.7. The van der Waals surface area contributed by atoms with Crippen LogP contribution in [-0.2, 0) is 13.5 Å². The predicted octanol–water partition coefficient (Wildman–Crippen LogP) is 2.23. The Morgan fingerprint density at radius 3 is 2.19 bits per heavy atom. The predicted molar refractivity (Wildman–Crippen MR) is 108 cm³/mol. The van der Waals surface area contributed by atoms with Crippen molar-refractivity contribution >= 4 is 11.6 Å². The van der Waals surface area contributed by atoms with Gasteiger partial charge in [-0.05, 0) is 51.0 Å². The van der Waals surface area contributed by atoms with Crippen LogP contribution in [0.15, 0.2) is 23.0 Å². The van der Waals surface area contributed by atoms with Gasteiger partial charge in [0.1, 0.15) is 5.56 Å². The Kier molecular flexibility index (Phi) is 5.35. The van der Waals surface area contributed by atoms with Gasteiger partial charge in [-0.3, -0.25) is 14.6 Å². The zero-order valence-electron chi connectivity index (χ0n) is 16.9. The summed E-state index contributed by atoms with van der Waals surface area (Å²) < 4.78 is 1.61. The topological polar surface area (TPSA) is 58.4 Å². The lowest BCUT2D eigenvalue weighted by molar-refractivity contribution is 0.0744. The van der Waals surface area contributed by atoms with E-state index >= 15 is 0 Å². The first-order valence-corrected chi connectivity index (χ1v) is 9.50. The molecule has 0 bridgehead atoms. The van der Waals surface area contributed by atoms with Gasteiger partial charge in [-0.15, -0.1) is 0 Å². The number of rotatable bonds is 3. The number of hydrogen-bond donors (Lipinski definition) is 0. The molecule has 6 heteroatoms. The summed E-state index contributed by atoms with van der Waals surface area (Å²) in [4.78, 5) is 34.1. The number of hydrogen-bond acceptors (Lipinski definition) is 4. The van der Waals surface area contributed by atoms with E-state index in [4.69, 9.17) is 0 Å². The van der Waals surface area contributed by atoms with Gasteiger partial charge in [0.05, 0.1) is 0 Å². The number of carbonyl (C=O) groups is 1. The summed E-state index contributed by atoms with van der Waals surface area (Å²) in [5, 5.41) is 0. The lowest BCUT2D eigenvalue weighted by atomic mass is 10.1. The van der Waals surface area contributed by atoms with Gasteiger partial charge >= 0.3 is 0 Å².